The van der Waals surface area contributed by atoms with Gasteiger partial charge in [0.05, 0.1) is 0 Å². The van der Waals surface area contributed by atoms with Gasteiger partial charge in [-0.25, -0.2) is 0 Å². The Morgan fingerprint density at radius 3 is 2.41 bits per heavy atom. The van der Waals surface area contributed by atoms with Gasteiger partial charge >= 0.3 is 10.2 Å². The lowest BCUT2D eigenvalue weighted by atomic mass is 9.94. The maximum absolute atomic E-state index is 11.8. The van der Waals surface area contributed by atoms with Crippen LogP contribution in [0.3, 0.4) is 0 Å². The van der Waals surface area contributed by atoms with E-state index in [1.54, 1.807) is 0 Å². The summed E-state index contributed by atoms with van der Waals surface area (Å²) in [6.07, 6.45) is 1.01. The van der Waals surface area contributed by atoms with Crippen molar-refractivity contribution in [1.29, 1.82) is 0 Å². The molecule has 8 heteroatoms. The van der Waals surface area contributed by atoms with Crippen molar-refractivity contribution >= 4 is 16.1 Å². The van der Waals surface area contributed by atoms with Gasteiger partial charge in [0.2, 0.25) is 5.91 Å². The second kappa shape index (κ2) is 5.76. The molecule has 1 saturated heterocycles. The quantitative estimate of drug-likeness (QED) is 0.636. The molecule has 0 radical (unpaired) electrons. The first-order valence-corrected chi connectivity index (χ1v) is 6.92. The fraction of sp³-hybridized carbons (Fsp3) is 0.889. The van der Waals surface area contributed by atoms with E-state index in [1.807, 2.05) is 18.7 Å². The molecule has 1 heterocycles. The van der Waals surface area contributed by atoms with Crippen LogP contribution in [0.25, 0.3) is 0 Å². The number of carbonyl (C=O) groups excluding carboxylic acids is 1. The first kappa shape index (κ1) is 14.4. The number of hydrogen-bond donors (Lipinski definition) is 2. The summed E-state index contributed by atoms with van der Waals surface area (Å²) < 4.78 is 24.9. The monoisotopic (exact) mass is 265 g/mol. The molecule has 1 aliphatic rings. The summed E-state index contributed by atoms with van der Waals surface area (Å²) in [6, 6.07) is 0. The number of carbonyl (C=O) groups is 1. The van der Waals surface area contributed by atoms with Crippen molar-refractivity contribution < 1.29 is 18.0 Å². The number of amides is 1. The summed E-state index contributed by atoms with van der Waals surface area (Å²) in [5.41, 5.74) is 4.83. The molecule has 0 aromatic carbocycles. The topological polar surface area (TPSA) is 102 Å². The molecule has 0 bridgehead atoms. The van der Waals surface area contributed by atoms with Gasteiger partial charge in [-0.1, -0.05) is 18.7 Å². The van der Waals surface area contributed by atoms with Crippen LogP contribution < -0.4 is 10.6 Å². The van der Waals surface area contributed by atoms with Gasteiger partial charge in [-0.05, 0) is 18.3 Å². The van der Waals surface area contributed by atoms with E-state index in [0.29, 0.717) is 24.9 Å². The minimum atomic E-state index is -3.69. The molecule has 17 heavy (non-hydrogen) atoms. The minimum Gasteiger partial charge on any atom is -0.368 e. The first-order valence-electron chi connectivity index (χ1n) is 5.48. The highest BCUT2D eigenvalue weighted by Gasteiger charge is 2.30. The Balaban J connectivity index is 2.54. The van der Waals surface area contributed by atoms with Crippen molar-refractivity contribution in [3.05, 3.63) is 0 Å². The van der Waals surface area contributed by atoms with Gasteiger partial charge in [-0.3, -0.25) is 9.63 Å². The zero-order valence-electron chi connectivity index (χ0n) is 10.0. The maximum Gasteiger partial charge on any atom is 0.301 e. The smallest absolute Gasteiger partial charge is 0.301 e. The van der Waals surface area contributed by atoms with Crippen LogP contribution in [0.2, 0.25) is 0 Å². The van der Waals surface area contributed by atoms with Crippen molar-refractivity contribution in [3.63, 3.8) is 0 Å². The second-order valence-corrected chi connectivity index (χ2v) is 6.24. The fourth-order valence-corrected chi connectivity index (χ4v) is 3.24. The van der Waals surface area contributed by atoms with Crippen LogP contribution in [0.5, 0.6) is 0 Å². The van der Waals surface area contributed by atoms with Crippen molar-refractivity contribution in [1.82, 2.24) is 9.19 Å². The van der Waals surface area contributed by atoms with Gasteiger partial charge in [0.15, 0.2) is 0 Å². The molecule has 1 amide bonds. The molecule has 0 aromatic rings. The number of rotatable bonds is 5. The van der Waals surface area contributed by atoms with Crippen LogP contribution in [0.15, 0.2) is 0 Å². The van der Waals surface area contributed by atoms with Crippen LogP contribution >= 0.6 is 0 Å². The fourth-order valence-electron chi connectivity index (χ4n) is 2.03. The van der Waals surface area contributed by atoms with Gasteiger partial charge in [0, 0.05) is 13.1 Å². The van der Waals surface area contributed by atoms with E-state index in [1.165, 1.54) is 4.31 Å². The lowest BCUT2D eigenvalue weighted by Gasteiger charge is -2.33. The summed E-state index contributed by atoms with van der Waals surface area (Å²) in [5.74, 6) is -0.106. The van der Waals surface area contributed by atoms with E-state index < -0.39 is 22.7 Å². The van der Waals surface area contributed by atoms with Crippen molar-refractivity contribution in [2.45, 2.75) is 20.3 Å². The average molecular weight is 265 g/mol. The molecule has 0 spiro atoms. The molecule has 3 N–H and O–H groups in total. The Hall–Kier alpha value is -0.700. The molecular formula is C9H19N3O4S. The van der Waals surface area contributed by atoms with Crippen LogP contribution in [-0.4, -0.2) is 38.3 Å². The lowest BCUT2D eigenvalue weighted by molar-refractivity contribution is -0.123. The summed E-state index contributed by atoms with van der Waals surface area (Å²) in [4.78, 5) is 16.8. The maximum atomic E-state index is 11.8. The number of piperidine rings is 1. The molecule has 100 valence electrons. The number of hydrogen-bond acceptors (Lipinski definition) is 4. The van der Waals surface area contributed by atoms with Crippen LogP contribution in [0, 0.1) is 11.8 Å². The van der Waals surface area contributed by atoms with Gasteiger partial charge in [0.25, 0.3) is 0 Å². The summed E-state index contributed by atoms with van der Waals surface area (Å²) in [5, 5.41) is 0. The van der Waals surface area contributed by atoms with Crippen molar-refractivity contribution in [2.24, 2.45) is 17.6 Å². The van der Waals surface area contributed by atoms with E-state index in [9.17, 15) is 13.2 Å². The highest BCUT2D eigenvalue weighted by molar-refractivity contribution is 7.87. The van der Waals surface area contributed by atoms with E-state index in [2.05, 4.69) is 4.84 Å². The lowest BCUT2D eigenvalue weighted by Crippen LogP contribution is -2.48. The van der Waals surface area contributed by atoms with Crippen molar-refractivity contribution in [3.8, 4) is 0 Å². The summed E-state index contributed by atoms with van der Waals surface area (Å²) >= 11 is 0. The molecule has 7 nitrogen and oxygen atoms in total. The Bertz CT molecular complexity index is 360. The third-order valence-corrected chi connectivity index (χ3v) is 3.86. The molecule has 1 aliphatic heterocycles. The number of primary amides is 1. The van der Waals surface area contributed by atoms with Crippen molar-refractivity contribution in [2.75, 3.05) is 19.7 Å². The third kappa shape index (κ3) is 4.58. The zero-order chi connectivity index (χ0) is 13.1. The normalized spacial score (nSPS) is 26.9. The Morgan fingerprint density at radius 2 is 1.94 bits per heavy atom. The largest absolute Gasteiger partial charge is 0.368 e. The molecule has 2 unspecified atom stereocenters. The van der Waals surface area contributed by atoms with E-state index in [4.69, 9.17) is 5.73 Å². The number of nitrogens with two attached hydrogens (primary N) is 1. The van der Waals surface area contributed by atoms with Gasteiger partial charge in [0.1, 0.15) is 6.61 Å². The third-order valence-electron chi connectivity index (χ3n) is 2.55. The first-order chi connectivity index (χ1) is 7.81. The molecule has 0 saturated carbocycles. The standard InChI is InChI=1S/C9H19N3O4S/c1-7-3-8(2)5-12(4-7)17(14,15)11-16-6-9(10)13/h7-8,11H,3-6H2,1-2H3,(H2,10,13). The summed E-state index contributed by atoms with van der Waals surface area (Å²) in [7, 11) is -3.69. The minimum absolute atomic E-state index is 0.312. The number of nitrogens with one attached hydrogen (secondary N) is 1. The average Bonchev–Trinajstić information content (AvgIpc) is 2.14. The Labute approximate surface area is 101 Å². The van der Waals surface area contributed by atoms with Gasteiger partial charge < -0.3 is 5.73 Å². The number of nitrogens with zero attached hydrogens (tertiary/aromatic N) is 1. The van der Waals surface area contributed by atoms with E-state index >= 15 is 0 Å². The molecule has 2 atom stereocenters. The second-order valence-electron chi connectivity index (χ2n) is 4.61. The van der Waals surface area contributed by atoms with E-state index in [-0.39, 0.29) is 0 Å². The molecular weight excluding hydrogens is 246 g/mol. The van der Waals surface area contributed by atoms with Crippen LogP contribution in [-0.2, 0) is 19.8 Å². The predicted molar refractivity (Wildman–Crippen MR) is 61.7 cm³/mol. The SMILES string of the molecule is CC1CC(C)CN(S(=O)(=O)NOCC(N)=O)C1. The Morgan fingerprint density at radius 1 is 1.41 bits per heavy atom. The Kier molecular flexibility index (Phi) is 4.87. The van der Waals surface area contributed by atoms with Gasteiger partial charge in [-0.15, -0.1) is 0 Å². The zero-order valence-corrected chi connectivity index (χ0v) is 10.9. The molecule has 0 aromatic heterocycles. The highest BCUT2D eigenvalue weighted by atomic mass is 32.2. The molecule has 0 aliphatic carbocycles. The van der Waals surface area contributed by atoms with Gasteiger partial charge in [-0.2, -0.15) is 12.7 Å². The predicted octanol–water partition coefficient (Wildman–Crippen LogP) is -0.784. The van der Waals surface area contributed by atoms with E-state index in [0.717, 1.165) is 6.42 Å². The highest BCUT2D eigenvalue weighted by Crippen LogP contribution is 2.22. The van der Waals surface area contributed by atoms with Crippen LogP contribution in [0.4, 0.5) is 0 Å². The van der Waals surface area contributed by atoms with Crippen LogP contribution in [0.1, 0.15) is 20.3 Å². The molecule has 1 fully saturated rings. The molecule has 1 rings (SSSR count). The summed E-state index contributed by atoms with van der Waals surface area (Å²) in [6.45, 7) is 4.45.